The Morgan fingerprint density at radius 2 is 1.88 bits per heavy atom. The number of rotatable bonds is 8. The summed E-state index contributed by atoms with van der Waals surface area (Å²) < 4.78 is 4.60. The molecule has 5 heteroatoms. The molecule has 17 heavy (non-hydrogen) atoms. The number of nitrogens with one attached hydrogen (secondary N) is 1. The van der Waals surface area contributed by atoms with E-state index in [-0.39, 0.29) is 25.0 Å². The molecule has 0 aliphatic carbocycles. The Morgan fingerprint density at radius 1 is 1.29 bits per heavy atom. The molecule has 100 valence electrons. The molecule has 1 amide bonds. The van der Waals surface area contributed by atoms with E-state index < -0.39 is 0 Å². The fraction of sp³-hybridized carbons (Fsp3) is 0.833. The van der Waals surface area contributed by atoms with Crippen molar-refractivity contribution in [3.63, 3.8) is 0 Å². The van der Waals surface area contributed by atoms with Crippen molar-refractivity contribution in [2.75, 3.05) is 33.8 Å². The molecule has 0 unspecified atom stereocenters. The number of methoxy groups -OCH3 is 1. The first-order valence-electron chi connectivity index (χ1n) is 6.08. The number of hydrogen-bond donors (Lipinski definition) is 1. The second kappa shape index (κ2) is 8.98. The third-order valence-corrected chi connectivity index (χ3v) is 2.86. The van der Waals surface area contributed by atoms with Gasteiger partial charge in [-0.1, -0.05) is 26.7 Å². The molecule has 0 bridgehead atoms. The zero-order valence-electron chi connectivity index (χ0n) is 11.3. The van der Waals surface area contributed by atoms with Crippen LogP contribution in [-0.4, -0.2) is 50.6 Å². The minimum atomic E-state index is -0.375. The Balaban J connectivity index is 4.48. The van der Waals surface area contributed by atoms with Crippen molar-refractivity contribution in [3.05, 3.63) is 0 Å². The van der Waals surface area contributed by atoms with Gasteiger partial charge in [0.25, 0.3) is 0 Å². The third kappa shape index (κ3) is 6.26. The van der Waals surface area contributed by atoms with E-state index in [1.54, 1.807) is 11.9 Å². The van der Waals surface area contributed by atoms with E-state index in [1.807, 2.05) is 0 Å². The van der Waals surface area contributed by atoms with Gasteiger partial charge in [0.2, 0.25) is 5.91 Å². The molecule has 0 aromatic rings. The summed E-state index contributed by atoms with van der Waals surface area (Å²) in [5.41, 5.74) is 0. The molecule has 1 N–H and O–H groups in total. The lowest BCUT2D eigenvalue weighted by Gasteiger charge is -2.25. The number of esters is 1. The minimum Gasteiger partial charge on any atom is -0.468 e. The summed E-state index contributed by atoms with van der Waals surface area (Å²) in [4.78, 5) is 24.6. The molecule has 5 nitrogen and oxygen atoms in total. The highest BCUT2D eigenvalue weighted by atomic mass is 16.5. The summed E-state index contributed by atoms with van der Waals surface area (Å²) in [7, 11) is 3.05. The Hall–Kier alpha value is -1.10. The highest BCUT2D eigenvalue weighted by Crippen LogP contribution is 2.10. The fourth-order valence-corrected chi connectivity index (χ4v) is 1.60. The average molecular weight is 244 g/mol. The molecule has 0 aromatic carbocycles. The summed E-state index contributed by atoms with van der Waals surface area (Å²) in [6.45, 7) is 5.08. The molecule has 0 rings (SSSR count). The molecule has 0 saturated heterocycles. The standard InChI is InChI=1S/C12H24N2O3/c1-5-10(6-2)8-14(9-12(16)17-4)11(15)7-13-3/h10,13H,5-9H2,1-4H3. The molecule has 0 saturated carbocycles. The number of amides is 1. The van der Waals surface area contributed by atoms with Crippen molar-refractivity contribution >= 4 is 11.9 Å². The Kier molecular flexibility index (Phi) is 8.40. The second-order valence-corrected chi connectivity index (χ2v) is 4.06. The molecule has 0 radical (unpaired) electrons. The molecule has 0 spiro atoms. The van der Waals surface area contributed by atoms with Gasteiger partial charge < -0.3 is 15.0 Å². The van der Waals surface area contributed by atoms with E-state index in [1.165, 1.54) is 7.11 Å². The first-order valence-corrected chi connectivity index (χ1v) is 6.08. The first-order chi connectivity index (χ1) is 8.08. The molecule has 0 heterocycles. The minimum absolute atomic E-state index is 0.0352. The van der Waals surface area contributed by atoms with Crippen LogP contribution in [0, 0.1) is 5.92 Å². The van der Waals surface area contributed by atoms with Gasteiger partial charge in [0.05, 0.1) is 13.7 Å². The maximum absolute atomic E-state index is 11.8. The Labute approximate surface area is 103 Å². The van der Waals surface area contributed by atoms with Gasteiger partial charge in [0.15, 0.2) is 0 Å². The van der Waals surface area contributed by atoms with Crippen LogP contribution in [0.2, 0.25) is 0 Å². The summed E-state index contributed by atoms with van der Waals surface area (Å²) >= 11 is 0. The van der Waals surface area contributed by atoms with Crippen molar-refractivity contribution < 1.29 is 14.3 Å². The normalized spacial score (nSPS) is 10.4. The number of nitrogens with zero attached hydrogens (tertiary/aromatic N) is 1. The third-order valence-electron chi connectivity index (χ3n) is 2.86. The van der Waals surface area contributed by atoms with Crippen LogP contribution in [0.5, 0.6) is 0 Å². The van der Waals surface area contributed by atoms with Crippen LogP contribution >= 0.6 is 0 Å². The zero-order chi connectivity index (χ0) is 13.3. The van der Waals surface area contributed by atoms with Crippen LogP contribution < -0.4 is 5.32 Å². The quantitative estimate of drug-likeness (QED) is 0.637. The first kappa shape index (κ1) is 15.9. The number of carbonyl (C=O) groups excluding carboxylic acids is 2. The van der Waals surface area contributed by atoms with Crippen LogP contribution in [0.15, 0.2) is 0 Å². The van der Waals surface area contributed by atoms with Gasteiger partial charge in [0, 0.05) is 6.54 Å². The molecule has 0 aliphatic rings. The van der Waals surface area contributed by atoms with Gasteiger partial charge in [-0.05, 0) is 13.0 Å². The molecule has 0 fully saturated rings. The van der Waals surface area contributed by atoms with E-state index in [2.05, 4.69) is 23.9 Å². The van der Waals surface area contributed by atoms with Crippen LogP contribution in [0.1, 0.15) is 26.7 Å². The molecular formula is C12H24N2O3. The monoisotopic (exact) mass is 244 g/mol. The summed E-state index contributed by atoms with van der Waals surface area (Å²) in [6.07, 6.45) is 2.00. The lowest BCUT2D eigenvalue weighted by Crippen LogP contribution is -2.43. The zero-order valence-corrected chi connectivity index (χ0v) is 11.3. The van der Waals surface area contributed by atoms with Crippen LogP contribution in [0.4, 0.5) is 0 Å². The lowest BCUT2D eigenvalue weighted by molar-refractivity contribution is -0.147. The van der Waals surface area contributed by atoms with Crippen molar-refractivity contribution in [1.82, 2.24) is 10.2 Å². The number of likely N-dealkylation sites (N-methyl/N-ethyl adjacent to an activating group) is 1. The van der Waals surface area contributed by atoms with Gasteiger partial charge in [0.1, 0.15) is 6.54 Å². The van der Waals surface area contributed by atoms with E-state index >= 15 is 0 Å². The Morgan fingerprint density at radius 3 is 2.29 bits per heavy atom. The van der Waals surface area contributed by atoms with Crippen molar-refractivity contribution in [1.29, 1.82) is 0 Å². The largest absolute Gasteiger partial charge is 0.468 e. The summed E-state index contributed by atoms with van der Waals surface area (Å²) in [6, 6.07) is 0. The maximum Gasteiger partial charge on any atom is 0.325 e. The highest BCUT2D eigenvalue weighted by Gasteiger charge is 2.19. The summed E-state index contributed by atoms with van der Waals surface area (Å²) in [5, 5.41) is 2.81. The number of ether oxygens (including phenoxy) is 1. The summed E-state index contributed by atoms with van der Waals surface area (Å²) in [5.74, 6) is -0.00864. The predicted octanol–water partition coefficient (Wildman–Crippen LogP) is 0.644. The van der Waals surface area contributed by atoms with Gasteiger partial charge in [-0.3, -0.25) is 9.59 Å². The number of carbonyl (C=O) groups is 2. The molecule has 0 atom stereocenters. The molecule has 0 aliphatic heterocycles. The Bertz CT molecular complexity index is 240. The topological polar surface area (TPSA) is 58.6 Å². The average Bonchev–Trinajstić information content (AvgIpc) is 2.34. The van der Waals surface area contributed by atoms with Crippen LogP contribution in [0.25, 0.3) is 0 Å². The highest BCUT2D eigenvalue weighted by molar-refractivity contribution is 5.83. The van der Waals surface area contributed by atoms with Crippen molar-refractivity contribution in [2.24, 2.45) is 5.92 Å². The van der Waals surface area contributed by atoms with Gasteiger partial charge in [-0.15, -0.1) is 0 Å². The lowest BCUT2D eigenvalue weighted by atomic mass is 10.0. The SMILES string of the molecule is CCC(CC)CN(CC(=O)OC)C(=O)CNC. The second-order valence-electron chi connectivity index (χ2n) is 4.06. The van der Waals surface area contributed by atoms with E-state index in [4.69, 9.17) is 0 Å². The van der Waals surface area contributed by atoms with E-state index in [0.29, 0.717) is 12.5 Å². The predicted molar refractivity (Wildman–Crippen MR) is 66.6 cm³/mol. The van der Waals surface area contributed by atoms with E-state index in [0.717, 1.165) is 12.8 Å². The molecular weight excluding hydrogens is 220 g/mol. The van der Waals surface area contributed by atoms with Crippen molar-refractivity contribution in [2.45, 2.75) is 26.7 Å². The number of hydrogen-bond acceptors (Lipinski definition) is 4. The van der Waals surface area contributed by atoms with Crippen molar-refractivity contribution in [3.8, 4) is 0 Å². The van der Waals surface area contributed by atoms with Crippen LogP contribution in [-0.2, 0) is 14.3 Å². The maximum atomic E-state index is 11.8. The molecule has 0 aromatic heterocycles. The van der Waals surface area contributed by atoms with Gasteiger partial charge in [-0.25, -0.2) is 0 Å². The fourth-order valence-electron chi connectivity index (χ4n) is 1.60. The smallest absolute Gasteiger partial charge is 0.325 e. The van der Waals surface area contributed by atoms with Gasteiger partial charge >= 0.3 is 5.97 Å². The van der Waals surface area contributed by atoms with Gasteiger partial charge in [-0.2, -0.15) is 0 Å². The van der Waals surface area contributed by atoms with E-state index in [9.17, 15) is 9.59 Å². The van der Waals surface area contributed by atoms with Crippen LogP contribution in [0.3, 0.4) is 0 Å².